The van der Waals surface area contributed by atoms with Gasteiger partial charge in [-0.15, -0.1) is 0 Å². The van der Waals surface area contributed by atoms with Gasteiger partial charge in [-0.25, -0.2) is 0 Å². The van der Waals surface area contributed by atoms with E-state index in [0.717, 1.165) is 11.5 Å². The molecule has 0 bridgehead atoms. The van der Waals surface area contributed by atoms with Crippen LogP contribution in [0.3, 0.4) is 0 Å². The monoisotopic (exact) mass is 243 g/mol. The van der Waals surface area contributed by atoms with Gasteiger partial charge in [-0.05, 0) is 32.5 Å². The molecule has 2 aromatic rings. The number of benzene rings is 1. The van der Waals surface area contributed by atoms with Gasteiger partial charge in [-0.3, -0.25) is 0 Å². The SMILES string of the molecule is CNC(c1cc(C)oc1C)C(C)c1ccccc1. The van der Waals surface area contributed by atoms with E-state index in [9.17, 15) is 0 Å². The lowest BCUT2D eigenvalue weighted by Gasteiger charge is -2.23. The van der Waals surface area contributed by atoms with Crippen LogP contribution in [-0.4, -0.2) is 7.05 Å². The number of hydrogen-bond acceptors (Lipinski definition) is 2. The quantitative estimate of drug-likeness (QED) is 0.879. The van der Waals surface area contributed by atoms with E-state index in [0.29, 0.717) is 5.92 Å². The highest BCUT2D eigenvalue weighted by atomic mass is 16.3. The number of rotatable bonds is 4. The molecule has 1 N–H and O–H groups in total. The Hall–Kier alpha value is -1.54. The van der Waals surface area contributed by atoms with Crippen LogP contribution in [-0.2, 0) is 0 Å². The zero-order valence-electron chi connectivity index (χ0n) is 11.5. The molecule has 0 radical (unpaired) electrons. The first-order chi connectivity index (χ1) is 8.63. The van der Waals surface area contributed by atoms with Crippen LogP contribution in [0.5, 0.6) is 0 Å². The summed E-state index contributed by atoms with van der Waals surface area (Å²) >= 11 is 0. The van der Waals surface area contributed by atoms with Gasteiger partial charge in [0.2, 0.25) is 0 Å². The second-order valence-corrected chi connectivity index (χ2v) is 4.83. The Morgan fingerprint density at radius 1 is 1.11 bits per heavy atom. The summed E-state index contributed by atoms with van der Waals surface area (Å²) in [5, 5.41) is 3.41. The summed E-state index contributed by atoms with van der Waals surface area (Å²) in [6.07, 6.45) is 0. The molecule has 0 saturated heterocycles. The van der Waals surface area contributed by atoms with Crippen molar-refractivity contribution in [3.63, 3.8) is 0 Å². The van der Waals surface area contributed by atoms with Crippen LogP contribution in [0.1, 0.15) is 41.5 Å². The molecule has 0 aliphatic carbocycles. The predicted octanol–water partition coefficient (Wildman–Crippen LogP) is 3.96. The topological polar surface area (TPSA) is 25.2 Å². The second-order valence-electron chi connectivity index (χ2n) is 4.83. The molecule has 0 saturated carbocycles. The van der Waals surface area contributed by atoms with Gasteiger partial charge >= 0.3 is 0 Å². The molecule has 18 heavy (non-hydrogen) atoms. The van der Waals surface area contributed by atoms with Crippen molar-refractivity contribution in [2.24, 2.45) is 0 Å². The van der Waals surface area contributed by atoms with E-state index in [2.05, 4.69) is 48.6 Å². The highest BCUT2D eigenvalue weighted by molar-refractivity contribution is 5.30. The van der Waals surface area contributed by atoms with Crippen LogP contribution < -0.4 is 5.32 Å². The zero-order valence-corrected chi connectivity index (χ0v) is 11.5. The molecule has 0 fully saturated rings. The summed E-state index contributed by atoms with van der Waals surface area (Å²) in [6.45, 7) is 6.28. The highest BCUT2D eigenvalue weighted by Gasteiger charge is 2.22. The number of aryl methyl sites for hydroxylation is 2. The minimum atomic E-state index is 0.282. The largest absolute Gasteiger partial charge is 0.466 e. The molecule has 0 aliphatic heterocycles. The summed E-state index contributed by atoms with van der Waals surface area (Å²) in [4.78, 5) is 0. The van der Waals surface area contributed by atoms with Gasteiger partial charge in [0, 0.05) is 17.5 Å². The first-order valence-electron chi connectivity index (χ1n) is 6.42. The van der Waals surface area contributed by atoms with Crippen molar-refractivity contribution in [3.05, 3.63) is 59.0 Å². The molecule has 0 amide bonds. The van der Waals surface area contributed by atoms with Crippen LogP contribution >= 0.6 is 0 Å². The van der Waals surface area contributed by atoms with Gasteiger partial charge in [0.05, 0.1) is 0 Å². The zero-order chi connectivity index (χ0) is 13.1. The molecule has 1 aromatic heterocycles. The Balaban J connectivity index is 2.32. The Morgan fingerprint density at radius 3 is 2.28 bits per heavy atom. The summed E-state index contributed by atoms with van der Waals surface area (Å²) in [5.41, 5.74) is 2.60. The lowest BCUT2D eigenvalue weighted by molar-refractivity contribution is 0.470. The third-order valence-corrected chi connectivity index (χ3v) is 3.55. The smallest absolute Gasteiger partial charge is 0.105 e. The van der Waals surface area contributed by atoms with Crippen LogP contribution in [0, 0.1) is 13.8 Å². The van der Waals surface area contributed by atoms with Crippen LogP contribution in [0.4, 0.5) is 0 Å². The summed E-state index contributed by atoms with van der Waals surface area (Å²) < 4.78 is 5.64. The molecule has 1 aromatic carbocycles. The molecular weight excluding hydrogens is 222 g/mol. The van der Waals surface area contributed by atoms with Gasteiger partial charge in [-0.2, -0.15) is 0 Å². The van der Waals surface area contributed by atoms with Crippen molar-refractivity contribution in [1.29, 1.82) is 0 Å². The van der Waals surface area contributed by atoms with Crippen LogP contribution in [0.25, 0.3) is 0 Å². The van der Waals surface area contributed by atoms with Gasteiger partial charge in [0.25, 0.3) is 0 Å². The van der Waals surface area contributed by atoms with E-state index in [1.54, 1.807) is 0 Å². The third-order valence-electron chi connectivity index (χ3n) is 3.55. The van der Waals surface area contributed by atoms with E-state index < -0.39 is 0 Å². The maximum absolute atomic E-state index is 5.64. The summed E-state index contributed by atoms with van der Waals surface area (Å²) in [6, 6.07) is 13.0. The normalized spacial score (nSPS) is 14.4. The number of likely N-dealkylation sites (N-methyl/N-ethyl adjacent to an activating group) is 1. The van der Waals surface area contributed by atoms with Gasteiger partial charge in [0.1, 0.15) is 11.5 Å². The van der Waals surface area contributed by atoms with E-state index in [1.807, 2.05) is 20.9 Å². The number of furan rings is 1. The standard InChI is InChI=1S/C16H21NO/c1-11-10-15(13(3)18-11)16(17-4)12(2)14-8-6-5-7-9-14/h5-10,12,16-17H,1-4H3. The van der Waals surface area contributed by atoms with Crippen molar-refractivity contribution >= 4 is 0 Å². The molecular formula is C16H21NO. The molecule has 2 atom stereocenters. The minimum Gasteiger partial charge on any atom is -0.466 e. The molecule has 2 unspecified atom stereocenters. The van der Waals surface area contributed by atoms with E-state index in [4.69, 9.17) is 4.42 Å². The first-order valence-corrected chi connectivity index (χ1v) is 6.42. The van der Waals surface area contributed by atoms with Gasteiger partial charge in [-0.1, -0.05) is 37.3 Å². The first kappa shape index (κ1) is 12.9. The molecule has 2 rings (SSSR count). The molecule has 2 heteroatoms. The lowest BCUT2D eigenvalue weighted by atomic mass is 9.89. The van der Waals surface area contributed by atoms with Crippen LogP contribution in [0.15, 0.2) is 40.8 Å². The fourth-order valence-corrected chi connectivity index (χ4v) is 2.58. The van der Waals surface area contributed by atoms with Crippen molar-refractivity contribution in [1.82, 2.24) is 5.32 Å². The van der Waals surface area contributed by atoms with Crippen molar-refractivity contribution < 1.29 is 4.42 Å². The highest BCUT2D eigenvalue weighted by Crippen LogP contribution is 2.33. The van der Waals surface area contributed by atoms with Crippen molar-refractivity contribution in [2.75, 3.05) is 7.05 Å². The molecule has 1 heterocycles. The van der Waals surface area contributed by atoms with Crippen molar-refractivity contribution in [2.45, 2.75) is 32.7 Å². The lowest BCUT2D eigenvalue weighted by Crippen LogP contribution is -2.22. The van der Waals surface area contributed by atoms with Crippen molar-refractivity contribution in [3.8, 4) is 0 Å². The Morgan fingerprint density at radius 2 is 1.78 bits per heavy atom. The maximum atomic E-state index is 5.64. The summed E-state index contributed by atoms with van der Waals surface area (Å²) in [5.74, 6) is 2.39. The fourth-order valence-electron chi connectivity index (χ4n) is 2.58. The average Bonchev–Trinajstić information content (AvgIpc) is 2.70. The molecule has 0 aliphatic rings. The van der Waals surface area contributed by atoms with Gasteiger partial charge in [0.15, 0.2) is 0 Å². The predicted molar refractivity (Wildman–Crippen MR) is 74.8 cm³/mol. The Kier molecular flexibility index (Phi) is 3.87. The molecule has 2 nitrogen and oxygen atoms in total. The van der Waals surface area contributed by atoms with E-state index in [1.165, 1.54) is 11.1 Å². The minimum absolute atomic E-state index is 0.282. The number of hydrogen-bond donors (Lipinski definition) is 1. The van der Waals surface area contributed by atoms with E-state index in [-0.39, 0.29) is 6.04 Å². The molecule has 0 spiro atoms. The Labute approximate surface area is 109 Å². The van der Waals surface area contributed by atoms with E-state index >= 15 is 0 Å². The number of nitrogens with one attached hydrogen (secondary N) is 1. The average molecular weight is 243 g/mol. The second kappa shape index (κ2) is 5.40. The van der Waals surface area contributed by atoms with Gasteiger partial charge < -0.3 is 9.73 Å². The maximum Gasteiger partial charge on any atom is 0.105 e. The molecule has 96 valence electrons. The third kappa shape index (κ3) is 2.49. The van der Waals surface area contributed by atoms with Crippen LogP contribution in [0.2, 0.25) is 0 Å². The summed E-state index contributed by atoms with van der Waals surface area (Å²) in [7, 11) is 2.01. The fraction of sp³-hybridized carbons (Fsp3) is 0.375. The Bertz CT molecular complexity index is 501.